The highest BCUT2D eigenvalue weighted by Crippen LogP contribution is 2.25. The first-order valence-electron chi connectivity index (χ1n) is 11.5. The van der Waals surface area contributed by atoms with Crippen LogP contribution < -0.4 is 10.5 Å². The predicted molar refractivity (Wildman–Crippen MR) is 128 cm³/mol. The molecule has 1 aromatic carbocycles. The topological polar surface area (TPSA) is 76.0 Å². The highest BCUT2D eigenvalue weighted by atomic mass is 16.3. The van der Waals surface area contributed by atoms with Crippen LogP contribution in [0.4, 0.5) is 5.69 Å². The number of carbonyl (C=O) groups excluding carboxylic acids is 1. The lowest BCUT2D eigenvalue weighted by atomic mass is 10.1. The number of aromatic nitrogens is 3. The van der Waals surface area contributed by atoms with Gasteiger partial charge in [0.25, 0.3) is 5.56 Å². The maximum Gasteiger partial charge on any atom is 0.291 e. The van der Waals surface area contributed by atoms with Gasteiger partial charge in [0, 0.05) is 50.4 Å². The molecular formula is C25H29N5O3. The molecule has 1 amide bonds. The highest BCUT2D eigenvalue weighted by Gasteiger charge is 2.29. The summed E-state index contributed by atoms with van der Waals surface area (Å²) in [5, 5.41) is 4.59. The zero-order valence-corrected chi connectivity index (χ0v) is 19.5. The number of anilines is 1. The van der Waals surface area contributed by atoms with Crippen LogP contribution in [0.1, 0.15) is 36.8 Å². The summed E-state index contributed by atoms with van der Waals surface area (Å²) in [5.74, 6) is 0.646. The molecule has 4 heterocycles. The fourth-order valence-corrected chi connectivity index (χ4v) is 4.80. The van der Waals surface area contributed by atoms with Crippen molar-refractivity contribution in [1.82, 2.24) is 19.1 Å². The Bertz CT molecular complexity index is 1400. The number of benzene rings is 1. The molecule has 0 bridgehead atoms. The van der Waals surface area contributed by atoms with Crippen molar-refractivity contribution in [2.45, 2.75) is 40.2 Å². The van der Waals surface area contributed by atoms with Crippen molar-refractivity contribution in [3.8, 4) is 0 Å². The van der Waals surface area contributed by atoms with E-state index in [0.717, 1.165) is 24.4 Å². The molecule has 4 aromatic rings. The fraction of sp³-hybridized carbons (Fsp3) is 0.400. The molecule has 1 aliphatic heterocycles. The van der Waals surface area contributed by atoms with Crippen LogP contribution in [0.2, 0.25) is 0 Å². The van der Waals surface area contributed by atoms with Crippen molar-refractivity contribution in [1.29, 1.82) is 0 Å². The molecule has 1 saturated heterocycles. The molecule has 1 fully saturated rings. The van der Waals surface area contributed by atoms with Crippen molar-refractivity contribution in [3.05, 3.63) is 63.9 Å². The van der Waals surface area contributed by atoms with E-state index in [1.165, 1.54) is 21.5 Å². The molecule has 5 rings (SSSR count). The van der Waals surface area contributed by atoms with Gasteiger partial charge in [-0.25, -0.2) is 4.68 Å². The second-order valence-corrected chi connectivity index (χ2v) is 8.76. The Hall–Kier alpha value is -3.55. The minimum Gasteiger partial charge on any atom is -0.463 e. The van der Waals surface area contributed by atoms with Crippen LogP contribution in [0.25, 0.3) is 16.6 Å². The minimum absolute atomic E-state index is 0.0770. The summed E-state index contributed by atoms with van der Waals surface area (Å²) >= 11 is 0. The smallest absolute Gasteiger partial charge is 0.291 e. The van der Waals surface area contributed by atoms with Gasteiger partial charge in [0.05, 0.1) is 11.8 Å². The Morgan fingerprint density at radius 1 is 1.12 bits per heavy atom. The summed E-state index contributed by atoms with van der Waals surface area (Å²) in [5.41, 5.74) is 5.43. The third-order valence-corrected chi connectivity index (χ3v) is 6.88. The predicted octanol–water partition coefficient (Wildman–Crippen LogP) is 3.33. The van der Waals surface area contributed by atoms with Crippen LogP contribution in [0, 0.1) is 13.8 Å². The lowest BCUT2D eigenvalue weighted by Gasteiger charge is -2.38. The number of nitrogens with zero attached hydrogens (tertiary/aromatic N) is 5. The second-order valence-electron chi connectivity index (χ2n) is 8.76. The molecule has 3 aromatic heterocycles. The van der Waals surface area contributed by atoms with Crippen LogP contribution in [0.5, 0.6) is 0 Å². The summed E-state index contributed by atoms with van der Waals surface area (Å²) in [7, 11) is 0. The number of hydrogen-bond acceptors (Lipinski definition) is 5. The summed E-state index contributed by atoms with van der Waals surface area (Å²) in [4.78, 5) is 30.8. The molecule has 0 saturated carbocycles. The standard InChI is InChI=1S/C25H29N5O3/c1-5-23-26-30(25(32)21-15-22-20(29(21)23)9-14-33-22)18(4)24(31)28-12-10-27(11-13-28)19-8-6-7-16(2)17(19)3/h6-9,14-15,18H,5,10-13H2,1-4H3/t18-/m0/s1. The van der Waals surface area contributed by atoms with E-state index in [1.807, 2.05) is 22.3 Å². The van der Waals surface area contributed by atoms with E-state index in [0.29, 0.717) is 30.6 Å². The van der Waals surface area contributed by atoms with Gasteiger partial charge < -0.3 is 14.2 Å². The molecule has 8 nitrogen and oxygen atoms in total. The number of rotatable bonds is 4. The van der Waals surface area contributed by atoms with Gasteiger partial charge in [-0.3, -0.25) is 14.0 Å². The van der Waals surface area contributed by atoms with E-state index < -0.39 is 6.04 Å². The highest BCUT2D eigenvalue weighted by molar-refractivity contribution is 5.83. The first-order valence-corrected chi connectivity index (χ1v) is 11.5. The van der Waals surface area contributed by atoms with Gasteiger partial charge in [-0.05, 0) is 38.0 Å². The maximum atomic E-state index is 13.4. The molecule has 1 aliphatic rings. The second kappa shape index (κ2) is 8.10. The van der Waals surface area contributed by atoms with E-state index in [2.05, 4.69) is 42.0 Å². The molecule has 0 aliphatic carbocycles. The number of carbonyl (C=O) groups is 1. The van der Waals surface area contributed by atoms with Gasteiger partial charge in [0.2, 0.25) is 5.91 Å². The molecule has 172 valence electrons. The Labute approximate surface area is 192 Å². The van der Waals surface area contributed by atoms with Gasteiger partial charge in [0.1, 0.15) is 17.4 Å². The zero-order valence-electron chi connectivity index (χ0n) is 19.5. The van der Waals surface area contributed by atoms with Crippen LogP contribution in [-0.2, 0) is 11.2 Å². The van der Waals surface area contributed by atoms with E-state index in [9.17, 15) is 9.59 Å². The normalized spacial score (nSPS) is 15.5. The monoisotopic (exact) mass is 447 g/mol. The maximum absolute atomic E-state index is 13.4. The third kappa shape index (κ3) is 3.41. The Kier molecular flexibility index (Phi) is 5.23. The van der Waals surface area contributed by atoms with Crippen molar-refractivity contribution in [3.63, 3.8) is 0 Å². The Morgan fingerprint density at radius 2 is 1.88 bits per heavy atom. The number of aryl methyl sites for hydroxylation is 2. The Balaban J connectivity index is 1.39. The molecule has 0 radical (unpaired) electrons. The summed E-state index contributed by atoms with van der Waals surface area (Å²) in [6.07, 6.45) is 2.23. The van der Waals surface area contributed by atoms with Gasteiger partial charge in [0.15, 0.2) is 5.58 Å². The van der Waals surface area contributed by atoms with Crippen molar-refractivity contribution < 1.29 is 9.21 Å². The SMILES string of the molecule is CCc1nn([C@@H](C)C(=O)N2CCN(c3cccc(C)c3C)CC2)c(=O)c2cc3occc3n12. The van der Waals surface area contributed by atoms with Crippen molar-refractivity contribution in [2.75, 3.05) is 31.1 Å². The quantitative estimate of drug-likeness (QED) is 0.480. The van der Waals surface area contributed by atoms with E-state index in [1.54, 1.807) is 19.3 Å². The average Bonchev–Trinajstić information content (AvgIpc) is 3.43. The number of piperazine rings is 1. The molecule has 1 atom stereocenters. The summed E-state index contributed by atoms with van der Waals surface area (Å²) < 4.78 is 8.66. The van der Waals surface area contributed by atoms with Crippen LogP contribution in [-0.4, -0.2) is 51.2 Å². The largest absolute Gasteiger partial charge is 0.463 e. The number of furan rings is 1. The first kappa shape index (κ1) is 21.3. The van der Waals surface area contributed by atoms with Crippen LogP contribution in [0.3, 0.4) is 0 Å². The third-order valence-electron chi connectivity index (χ3n) is 6.88. The molecule has 0 unspecified atom stereocenters. The summed E-state index contributed by atoms with van der Waals surface area (Å²) in [6.45, 7) is 10.8. The fourth-order valence-electron chi connectivity index (χ4n) is 4.80. The minimum atomic E-state index is -0.679. The zero-order chi connectivity index (χ0) is 23.3. The van der Waals surface area contributed by atoms with Gasteiger partial charge >= 0.3 is 0 Å². The summed E-state index contributed by atoms with van der Waals surface area (Å²) in [6, 6.07) is 9.22. The number of fused-ring (bicyclic) bond motifs is 3. The van der Waals surface area contributed by atoms with Gasteiger partial charge in [-0.1, -0.05) is 19.1 Å². The van der Waals surface area contributed by atoms with Gasteiger partial charge in [-0.15, -0.1) is 0 Å². The van der Waals surface area contributed by atoms with E-state index >= 15 is 0 Å². The number of amides is 1. The van der Waals surface area contributed by atoms with Crippen molar-refractivity contribution >= 4 is 28.2 Å². The van der Waals surface area contributed by atoms with Crippen molar-refractivity contribution in [2.24, 2.45) is 0 Å². The molecule has 8 heteroatoms. The molecular weight excluding hydrogens is 418 g/mol. The van der Waals surface area contributed by atoms with E-state index in [4.69, 9.17) is 4.42 Å². The Morgan fingerprint density at radius 3 is 2.61 bits per heavy atom. The lowest BCUT2D eigenvalue weighted by molar-refractivity contribution is -0.135. The molecule has 0 N–H and O–H groups in total. The van der Waals surface area contributed by atoms with Crippen LogP contribution >= 0.6 is 0 Å². The van der Waals surface area contributed by atoms with Crippen LogP contribution in [0.15, 0.2) is 45.8 Å². The molecule has 0 spiro atoms. The first-order chi connectivity index (χ1) is 15.9. The average molecular weight is 448 g/mol. The van der Waals surface area contributed by atoms with Gasteiger partial charge in [-0.2, -0.15) is 5.10 Å². The van der Waals surface area contributed by atoms with E-state index in [-0.39, 0.29) is 11.5 Å². The lowest BCUT2D eigenvalue weighted by Crippen LogP contribution is -2.51. The number of hydrogen-bond donors (Lipinski definition) is 0. The molecule has 33 heavy (non-hydrogen) atoms.